The Morgan fingerprint density at radius 1 is 0.947 bits per heavy atom. The zero-order chi connectivity index (χ0) is 27.9. The molecule has 7 heteroatoms. The predicted molar refractivity (Wildman–Crippen MR) is 153 cm³/mol. The van der Waals surface area contributed by atoms with Crippen LogP contribution in [0.1, 0.15) is 68.4 Å². The van der Waals surface area contributed by atoms with Gasteiger partial charge in [0.05, 0.1) is 17.1 Å². The van der Waals surface area contributed by atoms with Gasteiger partial charge < -0.3 is 15.4 Å². The number of ketones is 1. The van der Waals surface area contributed by atoms with Gasteiger partial charge in [0.15, 0.2) is 11.9 Å². The number of aryl methyl sites for hydroxylation is 1. The quantitative estimate of drug-likeness (QED) is 0.199. The third-order valence-corrected chi connectivity index (χ3v) is 7.02. The molecule has 0 saturated carbocycles. The first-order valence-electron chi connectivity index (χ1n) is 12.8. The van der Waals surface area contributed by atoms with E-state index in [1.54, 1.807) is 48.5 Å². The first-order chi connectivity index (χ1) is 18.0. The first-order valence-corrected chi connectivity index (χ1v) is 13.2. The molecule has 0 radical (unpaired) electrons. The maximum Gasteiger partial charge on any atom is 0.265 e. The fourth-order valence-corrected chi connectivity index (χ4v) is 4.06. The van der Waals surface area contributed by atoms with E-state index in [0.717, 1.165) is 12.0 Å². The molecule has 2 amide bonds. The second kappa shape index (κ2) is 12.7. The van der Waals surface area contributed by atoms with Gasteiger partial charge in [-0.25, -0.2) is 0 Å². The van der Waals surface area contributed by atoms with E-state index >= 15 is 0 Å². The molecule has 2 N–H and O–H groups in total. The third kappa shape index (κ3) is 7.45. The Bertz CT molecular complexity index is 1320. The van der Waals surface area contributed by atoms with Crippen LogP contribution >= 0.6 is 11.6 Å². The van der Waals surface area contributed by atoms with Crippen LogP contribution in [0, 0.1) is 6.92 Å². The predicted octanol–water partition coefficient (Wildman–Crippen LogP) is 7.34. The van der Waals surface area contributed by atoms with Crippen molar-refractivity contribution in [3.8, 4) is 5.75 Å². The highest BCUT2D eigenvalue weighted by molar-refractivity contribution is 6.33. The Labute approximate surface area is 229 Å². The molecule has 0 aliphatic carbocycles. The maximum atomic E-state index is 13.0. The Morgan fingerprint density at radius 3 is 2.34 bits per heavy atom. The summed E-state index contributed by atoms with van der Waals surface area (Å²) in [5, 5.41) is 5.87. The number of nitrogens with one attached hydrogen (secondary N) is 2. The van der Waals surface area contributed by atoms with Gasteiger partial charge in [-0.1, -0.05) is 75.7 Å². The number of amides is 2. The number of anilines is 2. The molecule has 0 aliphatic heterocycles. The number of para-hydroxylation sites is 1. The molecule has 3 aromatic rings. The van der Waals surface area contributed by atoms with Gasteiger partial charge in [0.2, 0.25) is 5.91 Å². The van der Waals surface area contributed by atoms with E-state index in [4.69, 9.17) is 16.3 Å². The SMILES string of the molecule is CCC(Oc1ccc(C(C)(C)CC)cc1C)C(=O)Nc1cccc(C(=O)CC(=O)Nc2ccccc2Cl)c1. The van der Waals surface area contributed by atoms with E-state index in [0.29, 0.717) is 34.1 Å². The average Bonchev–Trinajstić information content (AvgIpc) is 2.89. The number of benzene rings is 3. The monoisotopic (exact) mass is 534 g/mol. The molecule has 1 atom stereocenters. The van der Waals surface area contributed by atoms with Crippen molar-refractivity contribution in [3.05, 3.63) is 88.4 Å². The van der Waals surface area contributed by atoms with Crippen molar-refractivity contribution in [3.63, 3.8) is 0 Å². The smallest absolute Gasteiger partial charge is 0.265 e. The summed E-state index contributed by atoms with van der Waals surface area (Å²) in [7, 11) is 0. The largest absolute Gasteiger partial charge is 0.480 e. The van der Waals surface area contributed by atoms with Crippen LogP contribution < -0.4 is 15.4 Å². The minimum atomic E-state index is -0.709. The minimum absolute atomic E-state index is 0.0581. The third-order valence-electron chi connectivity index (χ3n) is 6.69. The number of halogens is 1. The first kappa shape index (κ1) is 28.9. The van der Waals surface area contributed by atoms with Crippen molar-refractivity contribution in [2.24, 2.45) is 0 Å². The van der Waals surface area contributed by atoms with Crippen LogP contribution in [0.2, 0.25) is 5.02 Å². The second-order valence-corrected chi connectivity index (χ2v) is 10.3. The van der Waals surface area contributed by atoms with E-state index in [1.165, 1.54) is 5.56 Å². The summed E-state index contributed by atoms with van der Waals surface area (Å²) in [5.74, 6) is -0.498. The van der Waals surface area contributed by atoms with Crippen molar-refractivity contribution in [1.29, 1.82) is 0 Å². The van der Waals surface area contributed by atoms with Gasteiger partial charge in [-0.05, 0) is 66.6 Å². The van der Waals surface area contributed by atoms with Crippen molar-refractivity contribution < 1.29 is 19.1 Å². The minimum Gasteiger partial charge on any atom is -0.480 e. The zero-order valence-corrected chi connectivity index (χ0v) is 23.3. The lowest BCUT2D eigenvalue weighted by atomic mass is 9.81. The summed E-state index contributed by atoms with van der Waals surface area (Å²) in [4.78, 5) is 38.1. The van der Waals surface area contributed by atoms with E-state index in [-0.39, 0.29) is 23.5 Å². The van der Waals surface area contributed by atoms with Crippen LogP contribution in [-0.4, -0.2) is 23.7 Å². The van der Waals surface area contributed by atoms with Gasteiger partial charge in [-0.2, -0.15) is 0 Å². The Kier molecular flexibility index (Phi) is 9.70. The number of hydrogen-bond acceptors (Lipinski definition) is 4. The molecule has 38 heavy (non-hydrogen) atoms. The van der Waals surface area contributed by atoms with Crippen LogP contribution in [0.15, 0.2) is 66.7 Å². The van der Waals surface area contributed by atoms with Gasteiger partial charge in [-0.15, -0.1) is 0 Å². The summed E-state index contributed by atoms with van der Waals surface area (Å²) in [6, 6.07) is 19.4. The van der Waals surface area contributed by atoms with Crippen LogP contribution in [-0.2, 0) is 15.0 Å². The van der Waals surface area contributed by atoms with Crippen LogP contribution in [0.3, 0.4) is 0 Å². The molecule has 0 spiro atoms. The van der Waals surface area contributed by atoms with Crippen molar-refractivity contribution in [1.82, 2.24) is 0 Å². The maximum absolute atomic E-state index is 13.0. The van der Waals surface area contributed by atoms with Gasteiger partial charge in [0.1, 0.15) is 5.75 Å². The molecule has 6 nitrogen and oxygen atoms in total. The summed E-state index contributed by atoms with van der Waals surface area (Å²) in [5.41, 5.74) is 3.46. The van der Waals surface area contributed by atoms with Gasteiger partial charge >= 0.3 is 0 Å². The molecule has 0 bridgehead atoms. The molecule has 3 rings (SSSR count). The molecule has 0 fully saturated rings. The molecule has 0 heterocycles. The average molecular weight is 535 g/mol. The summed E-state index contributed by atoms with van der Waals surface area (Å²) in [6.07, 6.45) is 0.418. The highest BCUT2D eigenvalue weighted by atomic mass is 35.5. The number of carbonyl (C=O) groups is 3. The van der Waals surface area contributed by atoms with E-state index < -0.39 is 12.0 Å². The fourth-order valence-electron chi connectivity index (χ4n) is 3.88. The van der Waals surface area contributed by atoms with Gasteiger partial charge in [-0.3, -0.25) is 14.4 Å². The van der Waals surface area contributed by atoms with Crippen LogP contribution in [0.5, 0.6) is 5.75 Å². The summed E-state index contributed by atoms with van der Waals surface area (Å²) < 4.78 is 6.08. The van der Waals surface area contributed by atoms with Gasteiger partial charge in [0.25, 0.3) is 5.91 Å². The van der Waals surface area contributed by atoms with Gasteiger partial charge in [0, 0.05) is 11.3 Å². The summed E-state index contributed by atoms with van der Waals surface area (Å²) in [6.45, 7) is 10.4. The van der Waals surface area contributed by atoms with Crippen molar-refractivity contribution >= 4 is 40.6 Å². The normalized spacial score (nSPS) is 11.9. The standard InChI is InChI=1S/C31H35ClN2O4/c1-6-27(38-28-16-15-22(17-20(28)3)31(4,5)7-2)30(37)33-23-12-10-11-21(18-23)26(35)19-29(36)34-25-14-9-8-13-24(25)32/h8-18,27H,6-7,19H2,1-5H3,(H,33,37)(H,34,36). The Hall–Kier alpha value is -3.64. The molecule has 200 valence electrons. The lowest BCUT2D eigenvalue weighted by Gasteiger charge is -2.25. The topological polar surface area (TPSA) is 84.5 Å². The van der Waals surface area contributed by atoms with Crippen LogP contribution in [0.4, 0.5) is 11.4 Å². The number of rotatable bonds is 11. The molecule has 0 saturated heterocycles. The molecular weight excluding hydrogens is 500 g/mol. The molecule has 3 aromatic carbocycles. The second-order valence-electron chi connectivity index (χ2n) is 9.93. The Balaban J connectivity index is 1.64. The number of carbonyl (C=O) groups excluding carboxylic acids is 3. The number of ether oxygens (including phenoxy) is 1. The molecule has 0 aromatic heterocycles. The van der Waals surface area contributed by atoms with Crippen molar-refractivity contribution in [2.75, 3.05) is 10.6 Å². The van der Waals surface area contributed by atoms with E-state index in [1.807, 2.05) is 26.0 Å². The van der Waals surface area contributed by atoms with Crippen molar-refractivity contribution in [2.45, 2.75) is 65.4 Å². The highest BCUT2D eigenvalue weighted by Crippen LogP contribution is 2.31. The molecular formula is C31H35ClN2O4. The van der Waals surface area contributed by atoms with E-state index in [9.17, 15) is 14.4 Å². The number of Topliss-reactive ketones (excluding diaryl/α,β-unsaturated/α-hetero) is 1. The molecule has 0 aliphatic rings. The lowest BCUT2D eigenvalue weighted by Crippen LogP contribution is -2.32. The zero-order valence-electron chi connectivity index (χ0n) is 22.6. The number of hydrogen-bond donors (Lipinski definition) is 2. The Morgan fingerprint density at radius 2 is 1.68 bits per heavy atom. The lowest BCUT2D eigenvalue weighted by molar-refractivity contribution is -0.122. The summed E-state index contributed by atoms with van der Waals surface area (Å²) >= 11 is 6.07. The molecule has 1 unspecified atom stereocenters. The van der Waals surface area contributed by atoms with E-state index in [2.05, 4.69) is 37.5 Å². The van der Waals surface area contributed by atoms with Crippen LogP contribution in [0.25, 0.3) is 0 Å². The fraction of sp³-hybridized carbons (Fsp3) is 0.323. The highest BCUT2D eigenvalue weighted by Gasteiger charge is 2.22.